The number of ketones is 1. The number of hydrogen-bond acceptors (Lipinski definition) is 9. The number of carbonyl (C=O) groups is 2. The lowest BCUT2D eigenvalue weighted by atomic mass is 10.1. The molecule has 0 radical (unpaired) electrons. The molecule has 2 aromatic rings. The average Bonchev–Trinajstić information content (AvgIpc) is 3.37. The number of ether oxygens (including phenoxy) is 1. The molecule has 2 atom stereocenters. The maximum absolute atomic E-state index is 12.2. The fourth-order valence-corrected chi connectivity index (χ4v) is 6.05. The van der Waals surface area contributed by atoms with E-state index in [9.17, 15) is 23.3 Å². The molecule has 0 aromatic carbocycles. The highest BCUT2D eigenvalue weighted by molar-refractivity contribution is 7.91. The summed E-state index contributed by atoms with van der Waals surface area (Å²) in [5.74, 6) is -2.38. The fraction of sp³-hybridized carbons (Fsp3) is 0.421. The molecule has 31 heavy (non-hydrogen) atoms. The Morgan fingerprint density at radius 3 is 2.81 bits per heavy atom. The van der Waals surface area contributed by atoms with Crippen LogP contribution in [-0.2, 0) is 24.2 Å². The van der Waals surface area contributed by atoms with Gasteiger partial charge in [-0.1, -0.05) is 11.6 Å². The monoisotopic (exact) mass is 482 g/mol. The number of sulfone groups is 1. The van der Waals surface area contributed by atoms with Gasteiger partial charge in [0.05, 0.1) is 29.3 Å². The third-order valence-electron chi connectivity index (χ3n) is 4.70. The molecule has 0 unspecified atom stereocenters. The first-order valence-electron chi connectivity index (χ1n) is 9.25. The lowest BCUT2D eigenvalue weighted by Crippen LogP contribution is -2.19. The number of thiazole rings is 1. The minimum atomic E-state index is -3.10. The summed E-state index contributed by atoms with van der Waals surface area (Å²) in [6.07, 6.45) is 2.94. The van der Waals surface area contributed by atoms with Crippen LogP contribution in [0.1, 0.15) is 40.3 Å². The highest BCUT2D eigenvalue weighted by atomic mass is 35.5. The number of aromatic nitrogens is 3. The van der Waals surface area contributed by atoms with Gasteiger partial charge in [0.2, 0.25) is 0 Å². The molecular weight excluding hydrogens is 464 g/mol. The molecule has 164 valence electrons. The summed E-state index contributed by atoms with van der Waals surface area (Å²) in [7, 11) is -3.10. The van der Waals surface area contributed by atoms with Gasteiger partial charge in [0.1, 0.15) is 10.2 Å². The lowest BCUT2D eigenvalue weighted by Gasteiger charge is -2.09. The zero-order valence-electron chi connectivity index (χ0n) is 16.7. The lowest BCUT2D eigenvalue weighted by molar-refractivity contribution is -0.143. The number of nitriles is 1. The molecule has 1 saturated heterocycles. The maximum Gasteiger partial charge on any atom is 0.331 e. The van der Waals surface area contributed by atoms with Crippen molar-refractivity contribution in [3.8, 4) is 6.07 Å². The predicted molar refractivity (Wildman–Crippen MR) is 114 cm³/mol. The van der Waals surface area contributed by atoms with Crippen molar-refractivity contribution in [3.05, 3.63) is 38.6 Å². The van der Waals surface area contributed by atoms with Crippen molar-refractivity contribution in [2.24, 2.45) is 0 Å². The Balaban J connectivity index is 1.63. The Labute approximate surface area is 188 Å². The molecular formula is C19H19ClN4O5S2. The summed E-state index contributed by atoms with van der Waals surface area (Å²) in [5.41, 5.74) is 1.69. The van der Waals surface area contributed by atoms with Gasteiger partial charge in [0, 0.05) is 22.7 Å². The Hall–Kier alpha value is -2.55. The molecule has 0 spiro atoms. The molecule has 0 bridgehead atoms. The molecule has 3 rings (SSSR count). The van der Waals surface area contributed by atoms with E-state index in [2.05, 4.69) is 10.1 Å². The van der Waals surface area contributed by atoms with Crippen molar-refractivity contribution in [2.75, 3.05) is 18.1 Å². The van der Waals surface area contributed by atoms with Crippen LogP contribution in [0.4, 0.5) is 0 Å². The van der Waals surface area contributed by atoms with Gasteiger partial charge in [-0.2, -0.15) is 10.4 Å². The summed E-state index contributed by atoms with van der Waals surface area (Å²) in [6, 6.07) is 1.53. The van der Waals surface area contributed by atoms with Crippen molar-refractivity contribution in [1.82, 2.24) is 14.8 Å². The third kappa shape index (κ3) is 5.39. The fourth-order valence-electron chi connectivity index (χ4n) is 3.13. The molecule has 2 aromatic heterocycles. The van der Waals surface area contributed by atoms with E-state index in [0.717, 1.165) is 6.08 Å². The van der Waals surface area contributed by atoms with Gasteiger partial charge in [0.25, 0.3) is 0 Å². The molecule has 12 heteroatoms. The maximum atomic E-state index is 12.2. The van der Waals surface area contributed by atoms with Crippen molar-refractivity contribution >= 4 is 50.6 Å². The van der Waals surface area contributed by atoms with Crippen LogP contribution in [0.2, 0.25) is 5.15 Å². The summed E-state index contributed by atoms with van der Waals surface area (Å²) in [6.45, 7) is 2.88. The highest BCUT2D eigenvalue weighted by Crippen LogP contribution is 2.30. The van der Waals surface area contributed by atoms with Gasteiger partial charge in [0.15, 0.2) is 28.1 Å². The van der Waals surface area contributed by atoms with Crippen LogP contribution in [0.3, 0.4) is 0 Å². The van der Waals surface area contributed by atoms with Crippen molar-refractivity contribution in [2.45, 2.75) is 32.2 Å². The zero-order chi connectivity index (χ0) is 22.8. The number of nitrogens with zero attached hydrogens (tertiary/aromatic N) is 4. The van der Waals surface area contributed by atoms with Crippen molar-refractivity contribution in [1.29, 1.82) is 5.26 Å². The molecule has 0 amide bonds. The second-order valence-electron chi connectivity index (χ2n) is 7.09. The first-order valence-corrected chi connectivity index (χ1v) is 12.3. The number of rotatable bonds is 7. The van der Waals surface area contributed by atoms with Gasteiger partial charge in [-0.25, -0.2) is 22.9 Å². The van der Waals surface area contributed by atoms with Crippen LogP contribution in [0.25, 0.3) is 6.08 Å². The first-order chi connectivity index (χ1) is 14.6. The van der Waals surface area contributed by atoms with Gasteiger partial charge in [-0.15, -0.1) is 11.3 Å². The van der Waals surface area contributed by atoms with Crippen LogP contribution in [0.5, 0.6) is 0 Å². The normalized spacial score (nSPS) is 18.7. The highest BCUT2D eigenvalue weighted by Gasteiger charge is 2.32. The van der Waals surface area contributed by atoms with E-state index in [1.54, 1.807) is 19.2 Å². The Morgan fingerprint density at radius 1 is 1.48 bits per heavy atom. The quantitative estimate of drug-likeness (QED) is 0.434. The molecule has 0 saturated carbocycles. The Kier molecular flexibility index (Phi) is 6.93. The number of hydrogen-bond donors (Lipinski definition) is 0. The number of Topliss-reactive ketones (excluding diaryl/α,β-unsaturated/α-hetero) is 1. The zero-order valence-corrected chi connectivity index (χ0v) is 19.1. The minimum Gasteiger partial charge on any atom is -0.454 e. The molecule has 1 fully saturated rings. The van der Waals surface area contributed by atoms with Crippen molar-refractivity contribution < 1.29 is 22.7 Å². The van der Waals surface area contributed by atoms with Crippen LogP contribution in [-0.4, -0.2) is 53.0 Å². The van der Waals surface area contributed by atoms with Gasteiger partial charge in [-0.3, -0.25) is 4.79 Å². The standard InChI is InChI=1S/C19H19ClN4O5S2/c1-11-9-30-19(22-11)15(7-21)16(25)8-29-17(26)4-3-14-12(2)23-24(18(14)20)13-5-6-31(27,28)10-13/h3-4,9,13,15H,5-6,8,10H2,1-2H3/b4-3+/t13-,15+/m0/s1. The van der Waals surface area contributed by atoms with E-state index in [0.29, 0.717) is 28.4 Å². The van der Waals surface area contributed by atoms with Crippen molar-refractivity contribution in [3.63, 3.8) is 0 Å². The molecule has 3 heterocycles. The number of aryl methyl sites for hydroxylation is 2. The molecule has 1 aliphatic rings. The smallest absolute Gasteiger partial charge is 0.331 e. The van der Waals surface area contributed by atoms with Gasteiger partial charge < -0.3 is 4.74 Å². The van der Waals surface area contributed by atoms with E-state index in [1.165, 1.54) is 22.1 Å². The second kappa shape index (κ2) is 9.30. The summed E-state index contributed by atoms with van der Waals surface area (Å²) >= 11 is 7.55. The largest absolute Gasteiger partial charge is 0.454 e. The van der Waals surface area contributed by atoms with Crippen LogP contribution >= 0.6 is 22.9 Å². The SMILES string of the molecule is Cc1csc([C@H](C#N)C(=O)COC(=O)/C=C/c2c(C)nn([C@H]3CCS(=O)(=O)C3)c2Cl)n1. The summed E-state index contributed by atoms with van der Waals surface area (Å²) in [5, 5.41) is 15.9. The predicted octanol–water partition coefficient (Wildman–Crippen LogP) is 2.40. The molecule has 9 nitrogen and oxygen atoms in total. The van der Waals surface area contributed by atoms with E-state index >= 15 is 0 Å². The number of halogens is 1. The Bertz CT molecular complexity index is 1190. The van der Waals surface area contributed by atoms with E-state index in [4.69, 9.17) is 16.3 Å². The molecule has 0 aliphatic carbocycles. The summed E-state index contributed by atoms with van der Waals surface area (Å²) < 4.78 is 29.8. The van der Waals surface area contributed by atoms with Gasteiger partial charge in [-0.05, 0) is 26.3 Å². The van der Waals surface area contributed by atoms with Gasteiger partial charge >= 0.3 is 5.97 Å². The van der Waals surface area contributed by atoms with E-state index in [1.807, 2.05) is 6.07 Å². The number of carbonyl (C=O) groups excluding carboxylic acids is 2. The molecule has 0 N–H and O–H groups in total. The van der Waals surface area contributed by atoms with E-state index < -0.39 is 34.1 Å². The third-order valence-corrected chi connectivity index (χ3v) is 7.86. The molecule has 1 aliphatic heterocycles. The number of esters is 1. The first kappa shape index (κ1) is 23.1. The topological polar surface area (TPSA) is 132 Å². The van der Waals surface area contributed by atoms with Crippen LogP contribution < -0.4 is 0 Å². The van der Waals surface area contributed by atoms with Crippen LogP contribution in [0.15, 0.2) is 11.5 Å². The minimum absolute atomic E-state index is 0.0279. The summed E-state index contributed by atoms with van der Waals surface area (Å²) in [4.78, 5) is 28.4. The van der Waals surface area contributed by atoms with Crippen LogP contribution in [0, 0.1) is 25.2 Å². The Morgan fingerprint density at radius 2 is 2.23 bits per heavy atom. The van der Waals surface area contributed by atoms with E-state index in [-0.39, 0.29) is 22.7 Å². The second-order valence-corrected chi connectivity index (χ2v) is 10.6. The average molecular weight is 483 g/mol.